The molecule has 0 amide bonds. The Labute approximate surface area is 187 Å². The van der Waals surface area contributed by atoms with Crippen LogP contribution in [-0.4, -0.2) is 42.9 Å². The Morgan fingerprint density at radius 1 is 1.16 bits per heavy atom. The zero-order chi connectivity index (χ0) is 22.2. The summed E-state index contributed by atoms with van der Waals surface area (Å²) in [6.45, 7) is 4.64. The minimum Gasteiger partial charge on any atom is -0.486 e. The first-order chi connectivity index (χ1) is 15.5. The van der Waals surface area contributed by atoms with Gasteiger partial charge in [-0.05, 0) is 60.0 Å². The van der Waals surface area contributed by atoms with Gasteiger partial charge in [-0.15, -0.1) is 11.3 Å². The first-order valence-electron chi connectivity index (χ1n) is 10.2. The predicted molar refractivity (Wildman–Crippen MR) is 118 cm³/mol. The van der Waals surface area contributed by atoms with Gasteiger partial charge in [-0.1, -0.05) is 12.1 Å². The Kier molecular flexibility index (Phi) is 5.14. The van der Waals surface area contributed by atoms with E-state index >= 15 is 0 Å². The fourth-order valence-corrected chi connectivity index (χ4v) is 4.51. The number of thiophene rings is 1. The second-order valence-electron chi connectivity index (χ2n) is 7.60. The number of nitrogens with zero attached hydrogens (tertiary/aromatic N) is 5. The molecule has 1 atom stereocenters. The Morgan fingerprint density at radius 2 is 1.97 bits per heavy atom. The van der Waals surface area contributed by atoms with E-state index in [9.17, 15) is 9.59 Å². The Balaban J connectivity index is 1.33. The van der Waals surface area contributed by atoms with Gasteiger partial charge in [0.25, 0.3) is 0 Å². The van der Waals surface area contributed by atoms with Crippen molar-refractivity contribution in [2.45, 2.75) is 33.0 Å². The van der Waals surface area contributed by atoms with Crippen LogP contribution in [0.2, 0.25) is 0 Å². The summed E-state index contributed by atoms with van der Waals surface area (Å²) in [4.78, 5) is 25.6. The average Bonchev–Trinajstić information content (AvgIpc) is 3.51. The molecule has 9 nitrogen and oxygen atoms in total. The van der Waals surface area contributed by atoms with E-state index in [4.69, 9.17) is 9.47 Å². The molecule has 1 aromatic carbocycles. The van der Waals surface area contributed by atoms with Crippen LogP contribution in [0.5, 0.6) is 11.5 Å². The quantitative estimate of drug-likeness (QED) is 0.419. The van der Waals surface area contributed by atoms with Crippen molar-refractivity contribution < 1.29 is 14.3 Å². The van der Waals surface area contributed by atoms with Gasteiger partial charge in [0.1, 0.15) is 18.2 Å². The molecular weight excluding hydrogens is 430 g/mol. The number of tetrazole rings is 1. The largest absolute Gasteiger partial charge is 0.486 e. The first-order valence-corrected chi connectivity index (χ1v) is 11.0. The Morgan fingerprint density at radius 3 is 2.75 bits per heavy atom. The van der Waals surface area contributed by atoms with Crippen molar-refractivity contribution in [2.24, 2.45) is 0 Å². The first kappa shape index (κ1) is 20.3. The molecular formula is C22H21N5O4S. The van der Waals surface area contributed by atoms with E-state index in [1.54, 1.807) is 6.07 Å². The van der Waals surface area contributed by atoms with Crippen LogP contribution in [0, 0.1) is 13.8 Å². The zero-order valence-electron chi connectivity index (χ0n) is 17.6. The van der Waals surface area contributed by atoms with Gasteiger partial charge in [-0.25, -0.2) is 4.79 Å². The average molecular weight is 452 g/mol. The van der Waals surface area contributed by atoms with Crippen molar-refractivity contribution in [1.29, 1.82) is 0 Å². The van der Waals surface area contributed by atoms with E-state index in [-0.39, 0.29) is 18.4 Å². The lowest BCUT2D eigenvalue weighted by atomic mass is 10.1. The molecule has 32 heavy (non-hydrogen) atoms. The number of benzene rings is 1. The molecule has 0 spiro atoms. The highest BCUT2D eigenvalue weighted by molar-refractivity contribution is 7.12. The van der Waals surface area contributed by atoms with Crippen LogP contribution in [0.25, 0.3) is 5.00 Å². The fourth-order valence-electron chi connectivity index (χ4n) is 3.84. The van der Waals surface area contributed by atoms with E-state index < -0.39 is 5.69 Å². The summed E-state index contributed by atoms with van der Waals surface area (Å²) in [5, 5.41) is 10.3. The molecule has 10 heteroatoms. The molecule has 0 bridgehead atoms. The molecule has 164 valence electrons. The number of rotatable bonds is 6. The number of carbonyl (C=O) groups excluding carboxylic acids is 1. The Hall–Kier alpha value is -3.66. The predicted octanol–water partition coefficient (Wildman–Crippen LogP) is 2.63. The lowest BCUT2D eigenvalue weighted by Crippen LogP contribution is -2.33. The lowest BCUT2D eigenvalue weighted by Gasteiger charge is -2.27. The monoisotopic (exact) mass is 451 g/mol. The third-order valence-corrected chi connectivity index (χ3v) is 6.32. The molecule has 1 aliphatic rings. The molecule has 3 aromatic heterocycles. The molecule has 0 fully saturated rings. The summed E-state index contributed by atoms with van der Waals surface area (Å²) in [5.41, 5.74) is 1.86. The van der Waals surface area contributed by atoms with Crippen LogP contribution in [0.3, 0.4) is 0 Å². The number of hydrogen-bond donors (Lipinski definition) is 0. The van der Waals surface area contributed by atoms with Gasteiger partial charge >= 0.3 is 5.69 Å². The van der Waals surface area contributed by atoms with E-state index in [1.165, 1.54) is 16.0 Å². The normalized spacial score (nSPS) is 15.1. The highest BCUT2D eigenvalue weighted by atomic mass is 32.1. The molecule has 1 aliphatic heterocycles. The maximum Gasteiger partial charge on any atom is 0.369 e. The number of hydrogen-bond acceptors (Lipinski definition) is 7. The van der Waals surface area contributed by atoms with Crippen molar-refractivity contribution in [3.8, 4) is 16.5 Å². The second-order valence-corrected chi connectivity index (χ2v) is 8.52. The number of fused-ring (bicyclic) bond motifs is 1. The zero-order valence-corrected chi connectivity index (χ0v) is 18.4. The molecule has 0 radical (unpaired) electrons. The van der Waals surface area contributed by atoms with Gasteiger partial charge < -0.3 is 14.0 Å². The van der Waals surface area contributed by atoms with Gasteiger partial charge in [0.2, 0.25) is 0 Å². The number of para-hydroxylation sites is 2. The number of aryl methyl sites for hydroxylation is 1. The SMILES string of the molecule is Cc1cc(C(=O)Cn2nnn(-c3cccs3)c2=O)c(C)n1CC1COc2ccccc2O1. The third-order valence-electron chi connectivity index (χ3n) is 5.48. The lowest BCUT2D eigenvalue weighted by molar-refractivity contribution is 0.0777. The highest BCUT2D eigenvalue weighted by Gasteiger charge is 2.24. The van der Waals surface area contributed by atoms with Crippen molar-refractivity contribution >= 4 is 17.1 Å². The number of Topliss-reactive ketones (excluding diaryl/α,β-unsaturated/α-hetero) is 1. The summed E-state index contributed by atoms with van der Waals surface area (Å²) in [6, 6.07) is 13.0. The number of ketones is 1. The molecule has 0 N–H and O–H groups in total. The van der Waals surface area contributed by atoms with Crippen molar-refractivity contribution in [3.05, 3.63) is 75.3 Å². The molecule has 0 saturated heterocycles. The van der Waals surface area contributed by atoms with E-state index in [2.05, 4.69) is 10.4 Å². The van der Waals surface area contributed by atoms with E-state index in [0.717, 1.165) is 27.6 Å². The van der Waals surface area contributed by atoms with Crippen molar-refractivity contribution in [2.75, 3.05) is 6.61 Å². The van der Waals surface area contributed by atoms with Crippen LogP contribution in [-0.2, 0) is 13.1 Å². The minimum absolute atomic E-state index is 0.175. The third kappa shape index (κ3) is 3.62. The number of carbonyl (C=O) groups is 1. The van der Waals surface area contributed by atoms with Gasteiger partial charge in [0.15, 0.2) is 23.4 Å². The summed E-state index contributed by atoms with van der Waals surface area (Å²) in [5.74, 6) is 1.26. The van der Waals surface area contributed by atoms with Crippen molar-refractivity contribution in [3.63, 3.8) is 0 Å². The van der Waals surface area contributed by atoms with Crippen LogP contribution in [0.1, 0.15) is 21.7 Å². The number of aromatic nitrogens is 5. The number of ether oxygens (including phenoxy) is 2. The molecule has 4 heterocycles. The summed E-state index contributed by atoms with van der Waals surface area (Å²) < 4.78 is 16.2. The minimum atomic E-state index is -0.443. The molecule has 1 unspecified atom stereocenters. The maximum absolute atomic E-state index is 13.0. The molecule has 0 aliphatic carbocycles. The maximum atomic E-state index is 13.0. The van der Waals surface area contributed by atoms with Crippen molar-refractivity contribution in [1.82, 2.24) is 24.4 Å². The fraction of sp³-hybridized carbons (Fsp3) is 0.273. The Bertz CT molecular complexity index is 1330. The summed E-state index contributed by atoms with van der Waals surface area (Å²) >= 11 is 1.38. The molecule has 0 saturated carbocycles. The second kappa shape index (κ2) is 8.12. The van der Waals surface area contributed by atoms with Crippen LogP contribution in [0.4, 0.5) is 0 Å². The summed E-state index contributed by atoms with van der Waals surface area (Å²) in [7, 11) is 0. The standard InChI is InChI=1S/C22H21N5O4S/c1-14-10-17(18(28)12-26-22(29)27(24-23-26)21-8-5-9-32-21)15(2)25(14)11-16-13-30-19-6-3-4-7-20(19)31-16/h3-10,16H,11-13H2,1-2H3. The van der Waals surface area contributed by atoms with Crippen LogP contribution in [0.15, 0.2) is 52.6 Å². The van der Waals surface area contributed by atoms with E-state index in [0.29, 0.717) is 23.7 Å². The van der Waals surface area contributed by atoms with Crippen LogP contribution >= 0.6 is 11.3 Å². The molecule has 5 rings (SSSR count). The van der Waals surface area contributed by atoms with Gasteiger partial charge in [0, 0.05) is 17.0 Å². The smallest absolute Gasteiger partial charge is 0.369 e. The van der Waals surface area contributed by atoms with E-state index in [1.807, 2.05) is 60.2 Å². The van der Waals surface area contributed by atoms with Gasteiger partial charge in [-0.2, -0.15) is 9.36 Å². The topological polar surface area (TPSA) is 93.2 Å². The summed E-state index contributed by atoms with van der Waals surface area (Å²) in [6.07, 6.45) is -0.175. The highest BCUT2D eigenvalue weighted by Crippen LogP contribution is 2.31. The van der Waals surface area contributed by atoms with Gasteiger partial charge in [0.05, 0.1) is 6.54 Å². The molecule has 4 aromatic rings. The van der Waals surface area contributed by atoms with Gasteiger partial charge in [-0.3, -0.25) is 4.79 Å². The van der Waals surface area contributed by atoms with Crippen LogP contribution < -0.4 is 15.2 Å².